The van der Waals surface area contributed by atoms with Crippen molar-refractivity contribution in [2.75, 3.05) is 17.7 Å². The van der Waals surface area contributed by atoms with Gasteiger partial charge in [-0.15, -0.1) is 0 Å². The molecule has 2 amide bonds. The highest BCUT2D eigenvalue weighted by atomic mass is 16.5. The molecule has 0 aliphatic rings. The number of imidazole rings is 1. The molecule has 0 atom stereocenters. The number of fused-ring (bicyclic) bond motifs is 1. The van der Waals surface area contributed by atoms with Crippen LogP contribution in [-0.4, -0.2) is 28.9 Å². The topological polar surface area (TPSA) is 96.1 Å². The van der Waals surface area contributed by atoms with E-state index < -0.39 is 0 Å². The molecule has 0 fully saturated rings. The molecule has 7 nitrogen and oxygen atoms in total. The molecular formula is C17H16N4O3. The molecule has 3 aromatic rings. The van der Waals surface area contributed by atoms with E-state index in [9.17, 15) is 9.59 Å². The summed E-state index contributed by atoms with van der Waals surface area (Å²) in [5.41, 5.74) is 3.10. The van der Waals surface area contributed by atoms with E-state index in [2.05, 4.69) is 20.6 Å². The third-order valence-corrected chi connectivity index (χ3v) is 3.45. The van der Waals surface area contributed by atoms with E-state index in [0.29, 0.717) is 22.7 Å². The van der Waals surface area contributed by atoms with Gasteiger partial charge in [0.15, 0.2) is 0 Å². The van der Waals surface area contributed by atoms with Crippen molar-refractivity contribution < 1.29 is 14.3 Å². The van der Waals surface area contributed by atoms with Gasteiger partial charge >= 0.3 is 0 Å². The summed E-state index contributed by atoms with van der Waals surface area (Å²) in [6.45, 7) is 1.42. The van der Waals surface area contributed by atoms with Gasteiger partial charge in [0, 0.05) is 18.2 Å². The number of anilines is 2. The molecule has 24 heavy (non-hydrogen) atoms. The van der Waals surface area contributed by atoms with Gasteiger partial charge in [0.1, 0.15) is 5.75 Å². The van der Waals surface area contributed by atoms with Crippen LogP contribution < -0.4 is 15.4 Å². The number of H-pyrrole nitrogens is 1. The number of rotatable bonds is 4. The number of carbonyl (C=O) groups is 2. The highest BCUT2D eigenvalue weighted by molar-refractivity contribution is 6.07. The van der Waals surface area contributed by atoms with Crippen LogP contribution in [0.5, 0.6) is 5.75 Å². The van der Waals surface area contributed by atoms with E-state index >= 15 is 0 Å². The Balaban J connectivity index is 1.87. The maximum atomic E-state index is 12.5. The number of ether oxygens (including phenoxy) is 1. The first-order valence-corrected chi connectivity index (χ1v) is 7.27. The molecule has 0 saturated carbocycles. The summed E-state index contributed by atoms with van der Waals surface area (Å²) in [6, 6.07) is 10.2. The maximum Gasteiger partial charge on any atom is 0.255 e. The molecule has 0 spiro atoms. The van der Waals surface area contributed by atoms with Gasteiger partial charge in [-0.3, -0.25) is 9.59 Å². The average molecular weight is 324 g/mol. The smallest absolute Gasteiger partial charge is 0.255 e. The Bertz CT molecular complexity index is 917. The van der Waals surface area contributed by atoms with Gasteiger partial charge in [-0.1, -0.05) is 0 Å². The number of nitrogens with one attached hydrogen (secondary N) is 3. The van der Waals surface area contributed by atoms with Crippen LogP contribution in [0.1, 0.15) is 17.3 Å². The first-order chi connectivity index (χ1) is 11.6. The van der Waals surface area contributed by atoms with Gasteiger partial charge in [0.2, 0.25) is 5.91 Å². The Labute approximate surface area is 138 Å². The van der Waals surface area contributed by atoms with Crippen molar-refractivity contribution >= 4 is 34.2 Å². The highest BCUT2D eigenvalue weighted by Crippen LogP contribution is 2.28. The van der Waals surface area contributed by atoms with Crippen molar-refractivity contribution in [3.63, 3.8) is 0 Å². The van der Waals surface area contributed by atoms with Crippen molar-refractivity contribution in [1.82, 2.24) is 9.97 Å². The lowest BCUT2D eigenvalue weighted by Crippen LogP contribution is -2.13. The SMILES string of the molecule is COc1ccc(NC(C)=O)cc1NC(=O)c1ccc2nc[nH]c2c1. The number of aromatic nitrogens is 2. The fourth-order valence-electron chi connectivity index (χ4n) is 2.36. The van der Waals surface area contributed by atoms with Gasteiger partial charge in [0.25, 0.3) is 5.91 Å². The van der Waals surface area contributed by atoms with Crippen LogP contribution in [0.3, 0.4) is 0 Å². The lowest BCUT2D eigenvalue weighted by molar-refractivity contribution is -0.114. The van der Waals surface area contributed by atoms with E-state index in [-0.39, 0.29) is 11.8 Å². The second kappa shape index (κ2) is 6.41. The van der Waals surface area contributed by atoms with Crippen LogP contribution in [-0.2, 0) is 4.79 Å². The lowest BCUT2D eigenvalue weighted by atomic mass is 10.1. The number of hydrogen-bond donors (Lipinski definition) is 3. The van der Waals surface area contributed by atoms with Crippen LogP contribution in [0, 0.1) is 0 Å². The standard InChI is InChI=1S/C17H16N4O3/c1-10(22)20-12-4-6-16(24-2)15(8-12)21-17(23)11-3-5-13-14(7-11)19-9-18-13/h3-9H,1-2H3,(H,18,19)(H,20,22)(H,21,23). The molecule has 3 rings (SSSR count). The fourth-order valence-corrected chi connectivity index (χ4v) is 2.36. The Morgan fingerprint density at radius 2 is 1.96 bits per heavy atom. The van der Waals surface area contributed by atoms with Crippen molar-refractivity contribution in [3.8, 4) is 5.75 Å². The summed E-state index contributed by atoms with van der Waals surface area (Å²) in [7, 11) is 1.51. The van der Waals surface area contributed by atoms with Gasteiger partial charge in [0.05, 0.1) is 30.2 Å². The first-order valence-electron chi connectivity index (χ1n) is 7.27. The number of benzene rings is 2. The van der Waals surface area contributed by atoms with E-state index in [1.165, 1.54) is 14.0 Å². The number of aromatic amines is 1. The Morgan fingerprint density at radius 3 is 2.71 bits per heavy atom. The molecule has 0 radical (unpaired) electrons. The van der Waals surface area contributed by atoms with Gasteiger partial charge in [-0.05, 0) is 36.4 Å². The molecule has 2 aromatic carbocycles. The molecule has 1 heterocycles. The highest BCUT2D eigenvalue weighted by Gasteiger charge is 2.12. The zero-order valence-electron chi connectivity index (χ0n) is 13.2. The lowest BCUT2D eigenvalue weighted by Gasteiger charge is -2.12. The quantitative estimate of drug-likeness (QED) is 0.687. The molecule has 0 saturated heterocycles. The van der Waals surface area contributed by atoms with Crippen LogP contribution in [0.25, 0.3) is 11.0 Å². The second-order valence-electron chi connectivity index (χ2n) is 5.18. The molecule has 0 aliphatic heterocycles. The van der Waals surface area contributed by atoms with Crippen LogP contribution in [0.15, 0.2) is 42.7 Å². The van der Waals surface area contributed by atoms with E-state index in [0.717, 1.165) is 11.0 Å². The predicted molar refractivity (Wildman–Crippen MR) is 91.3 cm³/mol. The summed E-state index contributed by atoms with van der Waals surface area (Å²) in [6.07, 6.45) is 1.58. The minimum atomic E-state index is -0.287. The summed E-state index contributed by atoms with van der Waals surface area (Å²) < 4.78 is 5.26. The van der Waals surface area contributed by atoms with Crippen molar-refractivity contribution in [3.05, 3.63) is 48.3 Å². The molecule has 122 valence electrons. The third kappa shape index (κ3) is 3.19. The maximum absolute atomic E-state index is 12.5. The van der Waals surface area contributed by atoms with Gasteiger partial charge in [-0.25, -0.2) is 4.98 Å². The fraction of sp³-hybridized carbons (Fsp3) is 0.118. The van der Waals surface area contributed by atoms with Crippen LogP contribution >= 0.6 is 0 Å². The first kappa shape index (κ1) is 15.5. The summed E-state index contributed by atoms with van der Waals surface area (Å²) in [5, 5.41) is 5.47. The predicted octanol–water partition coefficient (Wildman–Crippen LogP) is 2.78. The molecule has 1 aromatic heterocycles. The molecule has 0 bridgehead atoms. The number of methoxy groups -OCH3 is 1. The summed E-state index contributed by atoms with van der Waals surface area (Å²) >= 11 is 0. The van der Waals surface area contributed by atoms with E-state index in [1.54, 1.807) is 42.7 Å². The summed E-state index contributed by atoms with van der Waals surface area (Å²) in [4.78, 5) is 30.8. The average Bonchev–Trinajstić information content (AvgIpc) is 3.02. The molecule has 0 unspecified atom stereocenters. The van der Waals surface area contributed by atoms with E-state index in [4.69, 9.17) is 4.74 Å². The molecule has 7 heteroatoms. The van der Waals surface area contributed by atoms with E-state index in [1.807, 2.05) is 0 Å². The number of amides is 2. The van der Waals surface area contributed by atoms with Crippen LogP contribution in [0.2, 0.25) is 0 Å². The Hall–Kier alpha value is -3.35. The Morgan fingerprint density at radius 1 is 1.12 bits per heavy atom. The van der Waals surface area contributed by atoms with Crippen LogP contribution in [0.4, 0.5) is 11.4 Å². The monoisotopic (exact) mass is 324 g/mol. The normalized spacial score (nSPS) is 10.4. The summed E-state index contributed by atoms with van der Waals surface area (Å²) in [5.74, 6) is 0.0204. The minimum absolute atomic E-state index is 0.192. The number of hydrogen-bond acceptors (Lipinski definition) is 4. The number of nitrogens with zero attached hydrogens (tertiary/aromatic N) is 1. The molecule has 0 aliphatic carbocycles. The molecule has 3 N–H and O–H groups in total. The van der Waals surface area contributed by atoms with Gasteiger partial charge < -0.3 is 20.4 Å². The zero-order chi connectivity index (χ0) is 17.1. The second-order valence-corrected chi connectivity index (χ2v) is 5.18. The van der Waals surface area contributed by atoms with Gasteiger partial charge in [-0.2, -0.15) is 0 Å². The minimum Gasteiger partial charge on any atom is -0.495 e. The number of carbonyl (C=O) groups excluding carboxylic acids is 2. The zero-order valence-corrected chi connectivity index (χ0v) is 13.2. The largest absolute Gasteiger partial charge is 0.495 e. The van der Waals surface area contributed by atoms with Crippen molar-refractivity contribution in [2.24, 2.45) is 0 Å². The third-order valence-electron chi connectivity index (χ3n) is 3.45. The Kier molecular flexibility index (Phi) is 4.15. The van der Waals surface area contributed by atoms with Crippen molar-refractivity contribution in [2.45, 2.75) is 6.92 Å². The molecular weight excluding hydrogens is 308 g/mol. The van der Waals surface area contributed by atoms with Crippen molar-refractivity contribution in [1.29, 1.82) is 0 Å².